The summed E-state index contributed by atoms with van der Waals surface area (Å²) in [6.07, 6.45) is 2.45. The van der Waals surface area contributed by atoms with E-state index in [2.05, 4.69) is 37.6 Å². The highest BCUT2D eigenvalue weighted by molar-refractivity contribution is 4.69. The highest BCUT2D eigenvalue weighted by Gasteiger charge is 2.13. The van der Waals surface area contributed by atoms with Crippen molar-refractivity contribution in [2.24, 2.45) is 0 Å². The third kappa shape index (κ3) is 6.46. The first kappa shape index (κ1) is 13.9. The highest BCUT2D eigenvalue weighted by Crippen LogP contribution is 2.08. The van der Waals surface area contributed by atoms with Crippen LogP contribution in [0.3, 0.4) is 0 Å². The van der Waals surface area contributed by atoms with Crippen molar-refractivity contribution in [2.45, 2.75) is 39.2 Å². The van der Waals surface area contributed by atoms with Crippen LogP contribution in [0.1, 0.15) is 33.6 Å². The summed E-state index contributed by atoms with van der Waals surface area (Å²) in [6, 6.07) is 0. The van der Waals surface area contributed by atoms with Crippen LogP contribution in [-0.2, 0) is 4.74 Å². The lowest BCUT2D eigenvalue weighted by Crippen LogP contribution is -2.44. The van der Waals surface area contributed by atoms with Gasteiger partial charge >= 0.3 is 0 Å². The number of unbranched alkanes of at least 4 members (excludes halogenated alkanes) is 1. The number of piperazine rings is 1. The average molecular weight is 228 g/mol. The van der Waals surface area contributed by atoms with Gasteiger partial charge in [0.25, 0.3) is 0 Å². The fourth-order valence-corrected chi connectivity index (χ4v) is 1.89. The molecule has 96 valence electrons. The van der Waals surface area contributed by atoms with Gasteiger partial charge in [-0.25, -0.2) is 0 Å². The average Bonchev–Trinajstić information content (AvgIpc) is 2.19. The van der Waals surface area contributed by atoms with E-state index in [9.17, 15) is 0 Å². The van der Waals surface area contributed by atoms with Gasteiger partial charge in [0.1, 0.15) is 0 Å². The van der Waals surface area contributed by atoms with Gasteiger partial charge in [0.05, 0.1) is 5.60 Å². The zero-order valence-electron chi connectivity index (χ0n) is 11.5. The van der Waals surface area contributed by atoms with Crippen molar-refractivity contribution in [2.75, 3.05) is 46.4 Å². The molecule has 0 aromatic carbocycles. The molecule has 0 radical (unpaired) electrons. The van der Waals surface area contributed by atoms with Gasteiger partial charge in [0, 0.05) is 32.8 Å². The second kappa shape index (κ2) is 6.58. The van der Waals surface area contributed by atoms with Crippen LogP contribution in [-0.4, -0.2) is 61.8 Å². The summed E-state index contributed by atoms with van der Waals surface area (Å²) in [7, 11) is 2.20. The van der Waals surface area contributed by atoms with Crippen LogP contribution in [0, 0.1) is 0 Å². The van der Waals surface area contributed by atoms with Crippen LogP contribution in [0.25, 0.3) is 0 Å². The molecule has 0 aromatic heterocycles. The van der Waals surface area contributed by atoms with E-state index in [0.29, 0.717) is 0 Å². The number of rotatable bonds is 5. The number of nitrogens with zero attached hydrogens (tertiary/aromatic N) is 2. The minimum atomic E-state index is 0.0217. The molecule has 3 heteroatoms. The molecule has 1 rings (SSSR count). The Morgan fingerprint density at radius 1 is 1.00 bits per heavy atom. The lowest BCUT2D eigenvalue weighted by Gasteiger charge is -2.32. The second-order valence-electron chi connectivity index (χ2n) is 5.81. The maximum atomic E-state index is 5.71. The number of hydrogen-bond donors (Lipinski definition) is 0. The lowest BCUT2D eigenvalue weighted by atomic mass is 10.2. The molecule has 1 saturated heterocycles. The van der Waals surface area contributed by atoms with Crippen LogP contribution in [0.5, 0.6) is 0 Å². The lowest BCUT2D eigenvalue weighted by molar-refractivity contribution is -0.00560. The first-order chi connectivity index (χ1) is 7.47. The van der Waals surface area contributed by atoms with Gasteiger partial charge in [0.15, 0.2) is 0 Å². The molecule has 0 bridgehead atoms. The van der Waals surface area contributed by atoms with Crippen LogP contribution < -0.4 is 0 Å². The molecule has 0 amide bonds. The molecule has 3 nitrogen and oxygen atoms in total. The molecule has 1 aliphatic rings. The van der Waals surface area contributed by atoms with Crippen LogP contribution in [0.2, 0.25) is 0 Å². The molecule has 0 aliphatic carbocycles. The van der Waals surface area contributed by atoms with Crippen LogP contribution >= 0.6 is 0 Å². The van der Waals surface area contributed by atoms with Crippen LogP contribution in [0.15, 0.2) is 0 Å². The smallest absolute Gasteiger partial charge is 0.0598 e. The summed E-state index contributed by atoms with van der Waals surface area (Å²) in [6.45, 7) is 13.4. The summed E-state index contributed by atoms with van der Waals surface area (Å²) in [5.74, 6) is 0. The summed E-state index contributed by atoms with van der Waals surface area (Å²) in [4.78, 5) is 4.97. The molecule has 0 unspecified atom stereocenters. The Hall–Kier alpha value is -0.120. The first-order valence-corrected chi connectivity index (χ1v) is 6.52. The van der Waals surface area contributed by atoms with E-state index in [0.717, 1.165) is 6.61 Å². The van der Waals surface area contributed by atoms with Crippen molar-refractivity contribution in [1.82, 2.24) is 9.80 Å². The quantitative estimate of drug-likeness (QED) is 0.668. The van der Waals surface area contributed by atoms with Crippen molar-refractivity contribution < 1.29 is 4.74 Å². The molecule has 0 aromatic rings. The Morgan fingerprint density at radius 3 is 2.19 bits per heavy atom. The van der Waals surface area contributed by atoms with Crippen molar-refractivity contribution in [1.29, 1.82) is 0 Å². The molecule has 0 saturated carbocycles. The van der Waals surface area contributed by atoms with Crippen molar-refractivity contribution in [3.63, 3.8) is 0 Å². The maximum absolute atomic E-state index is 5.71. The highest BCUT2D eigenvalue weighted by atomic mass is 16.5. The van der Waals surface area contributed by atoms with Crippen molar-refractivity contribution in [3.05, 3.63) is 0 Å². The molecular formula is C13H28N2O. The molecule has 1 aliphatic heterocycles. The topological polar surface area (TPSA) is 15.7 Å². The molecule has 1 heterocycles. The van der Waals surface area contributed by atoms with E-state index in [4.69, 9.17) is 4.74 Å². The van der Waals surface area contributed by atoms with E-state index in [-0.39, 0.29) is 5.60 Å². The van der Waals surface area contributed by atoms with E-state index < -0.39 is 0 Å². The summed E-state index contributed by atoms with van der Waals surface area (Å²) >= 11 is 0. The maximum Gasteiger partial charge on any atom is 0.0598 e. The molecular weight excluding hydrogens is 200 g/mol. The third-order valence-corrected chi connectivity index (χ3v) is 3.00. The monoisotopic (exact) mass is 228 g/mol. The predicted octanol–water partition coefficient (Wildman–Crippen LogP) is 1.83. The van der Waals surface area contributed by atoms with E-state index in [1.807, 2.05) is 0 Å². The summed E-state index contributed by atoms with van der Waals surface area (Å²) in [5.41, 5.74) is 0.0217. The fourth-order valence-electron chi connectivity index (χ4n) is 1.89. The fraction of sp³-hybridized carbons (Fsp3) is 1.00. The predicted molar refractivity (Wildman–Crippen MR) is 68.9 cm³/mol. The van der Waals surface area contributed by atoms with Gasteiger partial charge in [-0.2, -0.15) is 0 Å². The Bertz CT molecular complexity index is 181. The van der Waals surface area contributed by atoms with Crippen molar-refractivity contribution >= 4 is 0 Å². The normalized spacial score (nSPS) is 20.2. The Labute approximate surface area is 101 Å². The van der Waals surface area contributed by atoms with Gasteiger partial charge < -0.3 is 14.5 Å². The Kier molecular flexibility index (Phi) is 5.73. The van der Waals surface area contributed by atoms with Crippen LogP contribution in [0.4, 0.5) is 0 Å². The number of hydrogen-bond acceptors (Lipinski definition) is 3. The minimum absolute atomic E-state index is 0.0217. The number of ether oxygens (including phenoxy) is 1. The zero-order chi connectivity index (χ0) is 12.0. The third-order valence-electron chi connectivity index (χ3n) is 3.00. The van der Waals surface area contributed by atoms with Gasteiger partial charge in [-0.05, 0) is 47.2 Å². The zero-order valence-corrected chi connectivity index (χ0v) is 11.5. The van der Waals surface area contributed by atoms with Gasteiger partial charge in [0.2, 0.25) is 0 Å². The molecule has 1 fully saturated rings. The summed E-state index contributed by atoms with van der Waals surface area (Å²) < 4.78 is 5.71. The SMILES string of the molecule is CN1CCN(CCCCOC(C)(C)C)CC1. The Balaban J connectivity index is 1.95. The van der Waals surface area contributed by atoms with E-state index >= 15 is 0 Å². The molecule has 0 spiro atoms. The van der Waals surface area contributed by atoms with Gasteiger partial charge in [-0.1, -0.05) is 0 Å². The van der Waals surface area contributed by atoms with Crippen molar-refractivity contribution in [3.8, 4) is 0 Å². The summed E-state index contributed by atoms with van der Waals surface area (Å²) in [5, 5.41) is 0. The van der Waals surface area contributed by atoms with Gasteiger partial charge in [-0.15, -0.1) is 0 Å². The van der Waals surface area contributed by atoms with E-state index in [1.54, 1.807) is 0 Å². The molecule has 0 atom stereocenters. The molecule has 16 heavy (non-hydrogen) atoms. The first-order valence-electron chi connectivity index (χ1n) is 6.52. The number of likely N-dealkylation sites (N-methyl/N-ethyl adjacent to an activating group) is 1. The largest absolute Gasteiger partial charge is 0.376 e. The van der Waals surface area contributed by atoms with Gasteiger partial charge in [-0.3, -0.25) is 0 Å². The standard InChI is InChI=1S/C13H28N2O/c1-13(2,3)16-12-6-5-7-15-10-8-14(4)9-11-15/h5-12H2,1-4H3. The minimum Gasteiger partial charge on any atom is -0.376 e. The second-order valence-corrected chi connectivity index (χ2v) is 5.81. The Morgan fingerprint density at radius 2 is 1.62 bits per heavy atom. The van der Waals surface area contributed by atoms with E-state index in [1.165, 1.54) is 45.6 Å². The molecule has 0 N–H and O–H groups in total.